The molecule has 1 amide bonds. The van der Waals surface area contributed by atoms with Crippen molar-refractivity contribution >= 4 is 28.9 Å². The predicted molar refractivity (Wildman–Crippen MR) is 80.2 cm³/mol. The Balaban J connectivity index is 2.37. The lowest BCUT2D eigenvalue weighted by Gasteiger charge is -2.19. The van der Waals surface area contributed by atoms with Gasteiger partial charge in [-0.15, -0.1) is 0 Å². The Morgan fingerprint density at radius 3 is 2.47 bits per heavy atom. The van der Waals surface area contributed by atoms with E-state index in [0.29, 0.717) is 10.6 Å². The van der Waals surface area contributed by atoms with Crippen LogP contribution in [0.15, 0.2) is 48.5 Å². The third-order valence-electron chi connectivity index (χ3n) is 2.93. The zero-order valence-corrected chi connectivity index (χ0v) is 11.6. The van der Waals surface area contributed by atoms with Gasteiger partial charge in [-0.3, -0.25) is 4.79 Å². The van der Waals surface area contributed by atoms with E-state index in [1.54, 1.807) is 37.2 Å². The Bertz CT molecular complexity index is 584. The highest BCUT2D eigenvalue weighted by Crippen LogP contribution is 2.23. The summed E-state index contributed by atoms with van der Waals surface area (Å²) in [4.78, 5) is 14.1. The number of halogens is 1. The standard InChI is InChI=1S/C15H15ClN2O/c1-17-14-9-8-11(16)10-13(14)15(19)18(2)12-6-4-3-5-7-12/h3-10,17H,1-2H3. The summed E-state index contributed by atoms with van der Waals surface area (Å²) >= 11 is 5.97. The zero-order chi connectivity index (χ0) is 13.8. The summed E-state index contributed by atoms with van der Waals surface area (Å²) in [5.74, 6) is -0.0990. The minimum Gasteiger partial charge on any atom is -0.387 e. The maximum absolute atomic E-state index is 12.5. The number of anilines is 2. The van der Waals surface area contributed by atoms with Crippen LogP contribution >= 0.6 is 11.6 Å². The number of carbonyl (C=O) groups excluding carboxylic acids is 1. The Morgan fingerprint density at radius 2 is 1.84 bits per heavy atom. The molecule has 0 saturated carbocycles. The Morgan fingerprint density at radius 1 is 1.16 bits per heavy atom. The molecule has 0 heterocycles. The van der Waals surface area contributed by atoms with Crippen molar-refractivity contribution in [3.05, 3.63) is 59.1 Å². The molecule has 2 aromatic carbocycles. The molecule has 3 nitrogen and oxygen atoms in total. The van der Waals surface area contributed by atoms with Gasteiger partial charge in [-0.25, -0.2) is 0 Å². The van der Waals surface area contributed by atoms with Crippen molar-refractivity contribution in [2.45, 2.75) is 0 Å². The van der Waals surface area contributed by atoms with E-state index in [9.17, 15) is 4.79 Å². The molecule has 0 aliphatic heterocycles. The Labute approximate surface area is 117 Å². The summed E-state index contributed by atoms with van der Waals surface area (Å²) in [5.41, 5.74) is 2.16. The molecule has 98 valence electrons. The summed E-state index contributed by atoms with van der Waals surface area (Å²) in [5, 5.41) is 3.55. The van der Waals surface area contributed by atoms with Gasteiger partial charge in [0.1, 0.15) is 0 Å². The summed E-state index contributed by atoms with van der Waals surface area (Å²) in [6, 6.07) is 14.7. The van der Waals surface area contributed by atoms with Gasteiger partial charge >= 0.3 is 0 Å². The summed E-state index contributed by atoms with van der Waals surface area (Å²) < 4.78 is 0. The lowest BCUT2D eigenvalue weighted by molar-refractivity contribution is 0.0994. The van der Waals surface area contributed by atoms with Crippen molar-refractivity contribution in [2.24, 2.45) is 0 Å². The number of amides is 1. The van der Waals surface area contributed by atoms with Gasteiger partial charge in [-0.05, 0) is 30.3 Å². The van der Waals surface area contributed by atoms with Crippen molar-refractivity contribution in [1.82, 2.24) is 0 Å². The summed E-state index contributed by atoms with van der Waals surface area (Å²) in [6.45, 7) is 0. The first kappa shape index (κ1) is 13.4. The van der Waals surface area contributed by atoms with E-state index in [0.717, 1.165) is 11.4 Å². The molecule has 4 heteroatoms. The topological polar surface area (TPSA) is 32.3 Å². The number of rotatable bonds is 3. The molecular weight excluding hydrogens is 260 g/mol. The molecule has 19 heavy (non-hydrogen) atoms. The van der Waals surface area contributed by atoms with E-state index in [1.165, 1.54) is 0 Å². The molecule has 0 fully saturated rings. The van der Waals surface area contributed by atoms with Gasteiger partial charge in [0.05, 0.1) is 5.56 Å². The lowest BCUT2D eigenvalue weighted by atomic mass is 10.1. The first-order valence-electron chi connectivity index (χ1n) is 5.94. The molecule has 0 unspecified atom stereocenters. The van der Waals surface area contributed by atoms with Crippen LogP contribution in [0.2, 0.25) is 5.02 Å². The monoisotopic (exact) mass is 274 g/mol. The fourth-order valence-corrected chi connectivity index (χ4v) is 2.03. The highest BCUT2D eigenvalue weighted by atomic mass is 35.5. The van der Waals surface area contributed by atoms with Crippen molar-refractivity contribution in [2.75, 3.05) is 24.3 Å². The average Bonchev–Trinajstić information content (AvgIpc) is 2.46. The second-order valence-electron chi connectivity index (χ2n) is 4.14. The molecule has 0 bridgehead atoms. The number of para-hydroxylation sites is 1. The highest BCUT2D eigenvalue weighted by Gasteiger charge is 2.17. The van der Waals surface area contributed by atoms with Crippen molar-refractivity contribution in [1.29, 1.82) is 0 Å². The third-order valence-corrected chi connectivity index (χ3v) is 3.16. The van der Waals surface area contributed by atoms with Crippen LogP contribution in [0.25, 0.3) is 0 Å². The maximum atomic E-state index is 12.5. The predicted octanol–water partition coefficient (Wildman–Crippen LogP) is 3.66. The molecule has 0 aliphatic carbocycles. The smallest absolute Gasteiger partial charge is 0.260 e. The largest absolute Gasteiger partial charge is 0.387 e. The highest BCUT2D eigenvalue weighted by molar-refractivity contribution is 6.31. The van der Waals surface area contributed by atoms with Crippen molar-refractivity contribution < 1.29 is 4.79 Å². The average molecular weight is 275 g/mol. The third kappa shape index (κ3) is 2.88. The second kappa shape index (κ2) is 5.76. The number of nitrogens with one attached hydrogen (secondary N) is 1. The molecule has 1 N–H and O–H groups in total. The van der Waals surface area contributed by atoms with Crippen LogP contribution in [0.3, 0.4) is 0 Å². The second-order valence-corrected chi connectivity index (χ2v) is 4.58. The fraction of sp³-hybridized carbons (Fsp3) is 0.133. The van der Waals surface area contributed by atoms with Crippen LogP contribution in [0.5, 0.6) is 0 Å². The van der Waals surface area contributed by atoms with Gasteiger partial charge in [0.15, 0.2) is 0 Å². The molecule has 0 spiro atoms. The van der Waals surface area contributed by atoms with Gasteiger partial charge in [0, 0.05) is 30.5 Å². The van der Waals surface area contributed by atoms with E-state index >= 15 is 0 Å². The van der Waals surface area contributed by atoms with E-state index in [1.807, 2.05) is 30.3 Å². The van der Waals surface area contributed by atoms with E-state index in [-0.39, 0.29) is 5.91 Å². The fourth-order valence-electron chi connectivity index (χ4n) is 1.86. The number of hydrogen-bond donors (Lipinski definition) is 1. The molecule has 0 atom stereocenters. The zero-order valence-electron chi connectivity index (χ0n) is 10.9. The van der Waals surface area contributed by atoms with Gasteiger partial charge in [-0.1, -0.05) is 29.8 Å². The molecule has 2 aromatic rings. The molecule has 0 radical (unpaired) electrons. The molecular formula is C15H15ClN2O. The number of nitrogens with zero attached hydrogens (tertiary/aromatic N) is 1. The van der Waals surface area contributed by atoms with Gasteiger partial charge in [0.2, 0.25) is 0 Å². The SMILES string of the molecule is CNc1ccc(Cl)cc1C(=O)N(C)c1ccccc1. The Hall–Kier alpha value is -2.00. The quantitative estimate of drug-likeness (QED) is 0.926. The van der Waals surface area contributed by atoms with E-state index < -0.39 is 0 Å². The maximum Gasteiger partial charge on any atom is 0.260 e. The molecule has 2 rings (SSSR count). The minimum atomic E-state index is -0.0990. The number of carbonyl (C=O) groups is 1. The lowest BCUT2D eigenvalue weighted by Crippen LogP contribution is -2.26. The first-order valence-corrected chi connectivity index (χ1v) is 6.31. The molecule has 0 aliphatic rings. The summed E-state index contributed by atoms with van der Waals surface area (Å²) in [6.07, 6.45) is 0. The van der Waals surface area contributed by atoms with Gasteiger partial charge < -0.3 is 10.2 Å². The van der Waals surface area contributed by atoms with Crippen molar-refractivity contribution in [3.8, 4) is 0 Å². The molecule has 0 aromatic heterocycles. The van der Waals surface area contributed by atoms with Gasteiger partial charge in [-0.2, -0.15) is 0 Å². The van der Waals surface area contributed by atoms with E-state index in [2.05, 4.69) is 5.32 Å². The summed E-state index contributed by atoms with van der Waals surface area (Å²) in [7, 11) is 3.53. The number of hydrogen-bond acceptors (Lipinski definition) is 2. The first-order chi connectivity index (χ1) is 9.13. The normalized spacial score (nSPS) is 10.1. The van der Waals surface area contributed by atoms with E-state index in [4.69, 9.17) is 11.6 Å². The number of benzene rings is 2. The van der Waals surface area contributed by atoms with Crippen LogP contribution in [-0.4, -0.2) is 20.0 Å². The van der Waals surface area contributed by atoms with Crippen LogP contribution < -0.4 is 10.2 Å². The van der Waals surface area contributed by atoms with Crippen LogP contribution in [0, 0.1) is 0 Å². The van der Waals surface area contributed by atoms with Crippen LogP contribution in [0.1, 0.15) is 10.4 Å². The van der Waals surface area contributed by atoms with Crippen LogP contribution in [0.4, 0.5) is 11.4 Å². The minimum absolute atomic E-state index is 0.0990. The molecule has 0 saturated heterocycles. The Kier molecular flexibility index (Phi) is 4.07. The van der Waals surface area contributed by atoms with Crippen molar-refractivity contribution in [3.63, 3.8) is 0 Å². The van der Waals surface area contributed by atoms with Gasteiger partial charge in [0.25, 0.3) is 5.91 Å². The van der Waals surface area contributed by atoms with Crippen LogP contribution in [-0.2, 0) is 0 Å².